The number of alkyl halides is 6. The van der Waals surface area contributed by atoms with Crippen molar-refractivity contribution in [3.8, 4) is 0 Å². The van der Waals surface area contributed by atoms with Crippen LogP contribution in [-0.4, -0.2) is 68.7 Å². The van der Waals surface area contributed by atoms with Gasteiger partial charge in [-0.25, -0.2) is 4.98 Å². The molecule has 3 heterocycles. The molecule has 2 amide bonds. The fraction of sp³-hybridized carbons (Fsp3) is 0.633. The van der Waals surface area contributed by atoms with E-state index in [1.54, 1.807) is 12.1 Å². The summed E-state index contributed by atoms with van der Waals surface area (Å²) in [6.45, 7) is 2.86. The summed E-state index contributed by atoms with van der Waals surface area (Å²) in [4.78, 5) is 33.0. The molecule has 1 aromatic carbocycles. The lowest BCUT2D eigenvalue weighted by Crippen LogP contribution is -2.74. The first-order valence-corrected chi connectivity index (χ1v) is 14.8. The van der Waals surface area contributed by atoms with Crippen LogP contribution in [0.1, 0.15) is 79.8 Å². The van der Waals surface area contributed by atoms with E-state index in [1.165, 1.54) is 4.90 Å². The highest BCUT2D eigenvalue weighted by atomic mass is 19.4. The lowest BCUT2D eigenvalue weighted by Gasteiger charge is -2.68. The van der Waals surface area contributed by atoms with Crippen LogP contribution in [-0.2, 0) is 22.6 Å². The van der Waals surface area contributed by atoms with Crippen LogP contribution >= 0.6 is 0 Å². The quantitative estimate of drug-likeness (QED) is 0.407. The molecule has 234 valence electrons. The molecule has 4 aliphatic rings. The van der Waals surface area contributed by atoms with Crippen LogP contribution in [0.15, 0.2) is 30.3 Å². The van der Waals surface area contributed by atoms with Crippen LogP contribution < -0.4 is 5.32 Å². The minimum atomic E-state index is -4.58. The first-order chi connectivity index (χ1) is 20.2. The lowest BCUT2D eigenvalue weighted by molar-refractivity contribution is -0.188. The number of benzene rings is 1. The number of carbonyl (C=O) groups excluding carboxylic acids is 2. The molecule has 6 rings (SSSR count). The number of fused-ring (bicyclic) bond motifs is 1. The number of piperidine rings is 1. The molecule has 1 N–H and O–H groups in total. The topological polar surface area (TPSA) is 70.5 Å². The maximum absolute atomic E-state index is 12.9. The number of imidazole rings is 1. The van der Waals surface area contributed by atoms with E-state index in [0.717, 1.165) is 48.5 Å². The van der Waals surface area contributed by atoms with E-state index < -0.39 is 43.1 Å². The van der Waals surface area contributed by atoms with Gasteiger partial charge in [0, 0.05) is 43.1 Å². The van der Waals surface area contributed by atoms with Crippen LogP contribution in [0.3, 0.4) is 0 Å². The van der Waals surface area contributed by atoms with Gasteiger partial charge in [0.05, 0.1) is 24.0 Å². The smallest absolute Gasteiger partial charge is 0.349 e. The number of hydrogen-bond donors (Lipinski definition) is 1. The predicted molar refractivity (Wildman–Crippen MR) is 144 cm³/mol. The highest BCUT2D eigenvalue weighted by molar-refractivity contribution is 5.77. The molecule has 1 saturated heterocycles. The number of hydrogen-bond acceptors (Lipinski definition) is 4. The van der Waals surface area contributed by atoms with E-state index >= 15 is 0 Å². The third kappa shape index (κ3) is 5.76. The minimum Gasteiger partial charge on any atom is -0.349 e. The zero-order valence-electron chi connectivity index (χ0n) is 23.8. The van der Waals surface area contributed by atoms with Crippen molar-refractivity contribution in [1.82, 2.24) is 24.7 Å². The Kier molecular flexibility index (Phi) is 7.53. The molecular formula is C30H35F6N5O2. The number of nitrogens with one attached hydrogen (secondary N) is 1. The average molecular weight is 612 g/mol. The Morgan fingerprint density at radius 1 is 1.07 bits per heavy atom. The number of rotatable bonds is 8. The van der Waals surface area contributed by atoms with Crippen molar-refractivity contribution in [2.45, 2.75) is 101 Å². The second-order valence-corrected chi connectivity index (χ2v) is 12.5. The Hall–Kier alpha value is -3.09. The van der Waals surface area contributed by atoms with Gasteiger partial charge in [-0.2, -0.15) is 26.3 Å². The third-order valence-corrected chi connectivity index (χ3v) is 9.99. The largest absolute Gasteiger partial charge is 0.397 e. The summed E-state index contributed by atoms with van der Waals surface area (Å²) >= 11 is 0. The predicted octanol–water partition coefficient (Wildman–Crippen LogP) is 5.40. The van der Waals surface area contributed by atoms with Gasteiger partial charge in [0.25, 0.3) is 0 Å². The van der Waals surface area contributed by atoms with E-state index in [-0.39, 0.29) is 30.6 Å². The van der Waals surface area contributed by atoms with Gasteiger partial charge in [-0.15, -0.1) is 0 Å². The van der Waals surface area contributed by atoms with Gasteiger partial charge < -0.3 is 14.8 Å². The molecule has 2 aliphatic carbocycles. The molecule has 3 fully saturated rings. The zero-order chi connectivity index (χ0) is 30.7. The van der Waals surface area contributed by atoms with Crippen LogP contribution in [0.5, 0.6) is 0 Å². The second-order valence-electron chi connectivity index (χ2n) is 12.5. The normalized spacial score (nSPS) is 27.4. The minimum absolute atomic E-state index is 0.100. The SMILES string of the molecule is Cc1nc2c(n1C1CC3N(CC[C@H](NC(=O)CC(F)(F)F)c4ccccc4)C4CCC43C1)CN(C(=O)CC(F)(F)F)CC2. The standard InChI is InChI=1S/C30H35F6N5O2/c1-18-37-22-8-11-39(27(43)16-30(34,35)36)17-23(22)41(18)20-13-25-28(14-20)10-7-24(28)40(25)12-9-21(19-5-3-2-4-6-19)38-26(42)15-29(31,32)33/h2-6,20-21,24-25H,7-17H2,1H3,(H,38,42)/t20?,21-,24?,25?,28?/m0/s1. The van der Waals surface area contributed by atoms with Gasteiger partial charge in [0.1, 0.15) is 18.7 Å². The van der Waals surface area contributed by atoms with Gasteiger partial charge in [-0.1, -0.05) is 30.3 Å². The van der Waals surface area contributed by atoms with Crippen molar-refractivity contribution in [3.63, 3.8) is 0 Å². The van der Waals surface area contributed by atoms with Crippen LogP contribution in [0.4, 0.5) is 26.3 Å². The molecule has 2 aromatic rings. The Morgan fingerprint density at radius 2 is 1.79 bits per heavy atom. The van der Waals surface area contributed by atoms with Crippen LogP contribution in [0.25, 0.3) is 0 Å². The molecule has 7 nitrogen and oxygen atoms in total. The van der Waals surface area contributed by atoms with E-state index in [0.29, 0.717) is 25.4 Å². The summed E-state index contributed by atoms with van der Waals surface area (Å²) in [5, 5.41) is 2.59. The summed E-state index contributed by atoms with van der Waals surface area (Å²) in [6, 6.07) is 9.20. The number of halogens is 6. The molecule has 2 saturated carbocycles. The first-order valence-electron chi connectivity index (χ1n) is 14.8. The van der Waals surface area contributed by atoms with Crippen molar-refractivity contribution >= 4 is 11.8 Å². The molecule has 1 spiro atoms. The van der Waals surface area contributed by atoms with Gasteiger partial charge in [0.2, 0.25) is 11.8 Å². The Morgan fingerprint density at radius 3 is 2.44 bits per heavy atom. The summed E-state index contributed by atoms with van der Waals surface area (Å²) in [7, 11) is 0. The Balaban J connectivity index is 1.15. The van der Waals surface area contributed by atoms with Crippen molar-refractivity contribution in [2.75, 3.05) is 13.1 Å². The molecule has 0 radical (unpaired) electrons. The van der Waals surface area contributed by atoms with E-state index in [1.807, 2.05) is 25.1 Å². The second kappa shape index (κ2) is 10.8. The summed E-state index contributed by atoms with van der Waals surface area (Å²) in [5.74, 6) is -1.17. The zero-order valence-corrected chi connectivity index (χ0v) is 23.8. The molecular weight excluding hydrogens is 576 g/mol. The monoisotopic (exact) mass is 611 g/mol. The lowest BCUT2D eigenvalue weighted by atomic mass is 9.53. The average Bonchev–Trinajstić information content (AvgIpc) is 3.44. The maximum Gasteiger partial charge on any atom is 0.397 e. The summed E-state index contributed by atoms with van der Waals surface area (Å²) in [5.41, 5.74) is 2.55. The number of carbonyl (C=O) groups is 2. The van der Waals surface area contributed by atoms with Gasteiger partial charge in [-0.3, -0.25) is 14.5 Å². The fourth-order valence-corrected chi connectivity index (χ4v) is 8.24. The van der Waals surface area contributed by atoms with Crippen LogP contribution in [0, 0.1) is 12.3 Å². The van der Waals surface area contributed by atoms with Gasteiger partial charge in [0.15, 0.2) is 0 Å². The first kappa shape index (κ1) is 30.0. The highest BCUT2D eigenvalue weighted by Gasteiger charge is 2.69. The molecule has 4 unspecified atom stereocenters. The van der Waals surface area contributed by atoms with Crippen molar-refractivity contribution in [1.29, 1.82) is 0 Å². The van der Waals surface area contributed by atoms with Crippen molar-refractivity contribution in [2.24, 2.45) is 5.41 Å². The maximum atomic E-state index is 12.9. The third-order valence-electron chi connectivity index (χ3n) is 9.99. The number of amides is 2. The van der Waals surface area contributed by atoms with Crippen molar-refractivity contribution < 1.29 is 35.9 Å². The molecule has 1 aromatic heterocycles. The van der Waals surface area contributed by atoms with E-state index in [9.17, 15) is 35.9 Å². The Labute approximate surface area is 245 Å². The van der Waals surface area contributed by atoms with Crippen LogP contribution in [0.2, 0.25) is 0 Å². The fourth-order valence-electron chi connectivity index (χ4n) is 8.24. The Bertz CT molecular complexity index is 1380. The molecule has 43 heavy (non-hydrogen) atoms. The summed E-state index contributed by atoms with van der Waals surface area (Å²) < 4.78 is 79.4. The number of likely N-dealkylation sites (tertiary alicyclic amines) is 1. The molecule has 0 bridgehead atoms. The van der Waals surface area contributed by atoms with Gasteiger partial charge >= 0.3 is 12.4 Å². The molecule has 2 aliphatic heterocycles. The van der Waals surface area contributed by atoms with E-state index in [4.69, 9.17) is 4.98 Å². The molecule has 13 heteroatoms. The molecule has 5 atom stereocenters. The van der Waals surface area contributed by atoms with Gasteiger partial charge in [-0.05, 0) is 44.6 Å². The van der Waals surface area contributed by atoms with Crippen molar-refractivity contribution in [3.05, 3.63) is 53.1 Å². The number of aryl methyl sites for hydroxylation is 1. The summed E-state index contributed by atoms with van der Waals surface area (Å²) in [6.07, 6.45) is -7.39. The van der Waals surface area contributed by atoms with E-state index in [2.05, 4.69) is 14.8 Å². The highest BCUT2D eigenvalue weighted by Crippen LogP contribution is 2.67. The number of nitrogens with zero attached hydrogens (tertiary/aromatic N) is 4. The number of aromatic nitrogens is 2.